The normalized spacial score (nSPS) is 13.3. The van der Waals surface area contributed by atoms with E-state index in [1.165, 1.54) is 64.2 Å². The summed E-state index contributed by atoms with van der Waals surface area (Å²) < 4.78 is 16.7. The van der Waals surface area contributed by atoms with Gasteiger partial charge in [-0.25, -0.2) is 0 Å². The molecule has 69 heavy (non-hydrogen) atoms. The van der Waals surface area contributed by atoms with Crippen molar-refractivity contribution < 1.29 is 28.6 Å². The maximum atomic E-state index is 12.8. The van der Waals surface area contributed by atoms with E-state index in [0.717, 1.165) is 96.3 Å². The van der Waals surface area contributed by atoms with E-state index in [9.17, 15) is 14.4 Å². The van der Waals surface area contributed by atoms with Gasteiger partial charge in [-0.2, -0.15) is 0 Å². The summed E-state index contributed by atoms with van der Waals surface area (Å²) in [4.78, 5) is 38.0. The van der Waals surface area contributed by atoms with Crippen LogP contribution in [0.3, 0.4) is 0 Å². The quantitative estimate of drug-likeness (QED) is 0.0262. The van der Waals surface area contributed by atoms with Crippen LogP contribution in [0.1, 0.15) is 213 Å². The second-order valence-corrected chi connectivity index (χ2v) is 17.4. The molecule has 6 heteroatoms. The fraction of sp³-hybridized carbons (Fsp3) is 0.571. The summed E-state index contributed by atoms with van der Waals surface area (Å²) >= 11 is 0. The minimum absolute atomic E-state index is 0.136. The highest BCUT2D eigenvalue weighted by Crippen LogP contribution is 2.14. The molecule has 0 bridgehead atoms. The van der Waals surface area contributed by atoms with Gasteiger partial charge in [0.1, 0.15) is 13.2 Å². The molecule has 0 amide bonds. The molecule has 0 aliphatic heterocycles. The zero-order valence-electron chi connectivity index (χ0n) is 44.0. The number of unbranched alkanes of at least 4 members (excludes halogenated alkanes) is 12. The molecule has 0 aromatic rings. The molecule has 0 radical (unpaired) electrons. The zero-order chi connectivity index (χ0) is 50.0. The molecule has 0 saturated heterocycles. The highest BCUT2D eigenvalue weighted by Gasteiger charge is 2.19. The Labute approximate surface area is 423 Å². The molecule has 6 nitrogen and oxygen atoms in total. The SMILES string of the molecule is CC/C=C/C/C=C/C/C=C/C/C=C/C/C=C/C/C=C/CCC(=O)OCC(COC(=O)CCCCCCCCCCCCCCC)OC(=O)CC/C=C/C/C=C/C/C=C/C/C=C/C/C=C/C/C=C/CC. The maximum absolute atomic E-state index is 12.8. The Morgan fingerprint density at radius 3 is 0.884 bits per heavy atom. The third-order valence-corrected chi connectivity index (χ3v) is 10.9. The summed E-state index contributed by atoms with van der Waals surface area (Å²) in [5, 5.41) is 0. The van der Waals surface area contributed by atoms with E-state index in [1.54, 1.807) is 0 Å². The van der Waals surface area contributed by atoms with Crippen LogP contribution in [-0.4, -0.2) is 37.2 Å². The van der Waals surface area contributed by atoms with Crippen molar-refractivity contribution in [3.05, 3.63) is 146 Å². The van der Waals surface area contributed by atoms with Crippen LogP contribution in [0.5, 0.6) is 0 Å². The Morgan fingerprint density at radius 2 is 0.565 bits per heavy atom. The first kappa shape index (κ1) is 64.3. The zero-order valence-corrected chi connectivity index (χ0v) is 44.0. The predicted molar refractivity (Wildman–Crippen MR) is 297 cm³/mol. The van der Waals surface area contributed by atoms with Crippen LogP contribution in [0.15, 0.2) is 146 Å². The smallest absolute Gasteiger partial charge is 0.306 e. The van der Waals surface area contributed by atoms with Crippen LogP contribution in [-0.2, 0) is 28.6 Å². The van der Waals surface area contributed by atoms with E-state index in [2.05, 4.69) is 142 Å². The average molecular weight is 951 g/mol. The van der Waals surface area contributed by atoms with Crippen LogP contribution in [0.4, 0.5) is 0 Å². The van der Waals surface area contributed by atoms with Crippen molar-refractivity contribution in [1.82, 2.24) is 0 Å². The third kappa shape index (κ3) is 54.1. The van der Waals surface area contributed by atoms with Crippen molar-refractivity contribution in [1.29, 1.82) is 0 Å². The summed E-state index contributed by atoms with van der Waals surface area (Å²) in [5.41, 5.74) is 0. The number of carbonyl (C=O) groups excluding carboxylic acids is 3. The Kier molecular flexibility index (Phi) is 52.1. The molecule has 0 heterocycles. The van der Waals surface area contributed by atoms with Gasteiger partial charge in [0, 0.05) is 19.3 Å². The van der Waals surface area contributed by atoms with Gasteiger partial charge >= 0.3 is 17.9 Å². The van der Waals surface area contributed by atoms with Gasteiger partial charge in [-0.1, -0.05) is 244 Å². The molecular formula is C63H98O6. The van der Waals surface area contributed by atoms with E-state index < -0.39 is 12.1 Å². The number of allylic oxidation sites excluding steroid dienone is 24. The van der Waals surface area contributed by atoms with Crippen LogP contribution in [0, 0.1) is 0 Å². The summed E-state index contributed by atoms with van der Waals surface area (Å²) in [6.45, 7) is 6.27. The highest BCUT2D eigenvalue weighted by atomic mass is 16.6. The number of esters is 3. The molecule has 1 atom stereocenters. The fourth-order valence-corrected chi connectivity index (χ4v) is 6.85. The monoisotopic (exact) mass is 951 g/mol. The summed E-state index contributed by atoms with van der Waals surface area (Å²) in [6, 6.07) is 0. The van der Waals surface area contributed by atoms with Crippen molar-refractivity contribution in [2.75, 3.05) is 13.2 Å². The number of rotatable bonds is 47. The van der Waals surface area contributed by atoms with Gasteiger partial charge in [0.05, 0.1) is 0 Å². The number of hydrogen-bond donors (Lipinski definition) is 0. The Bertz CT molecular complexity index is 1560. The Morgan fingerprint density at radius 1 is 0.304 bits per heavy atom. The van der Waals surface area contributed by atoms with Gasteiger partial charge in [-0.3, -0.25) is 14.4 Å². The van der Waals surface area contributed by atoms with Gasteiger partial charge in [0.2, 0.25) is 0 Å². The van der Waals surface area contributed by atoms with Crippen molar-refractivity contribution in [3.8, 4) is 0 Å². The molecule has 0 N–H and O–H groups in total. The number of ether oxygens (including phenoxy) is 3. The molecule has 0 fully saturated rings. The molecule has 0 spiro atoms. The maximum Gasteiger partial charge on any atom is 0.306 e. The Balaban J connectivity index is 4.64. The molecular weight excluding hydrogens is 853 g/mol. The largest absolute Gasteiger partial charge is 0.462 e. The van der Waals surface area contributed by atoms with Crippen molar-refractivity contribution in [2.24, 2.45) is 0 Å². The molecule has 0 saturated carbocycles. The molecule has 0 aromatic carbocycles. The molecule has 0 aliphatic rings. The van der Waals surface area contributed by atoms with E-state index >= 15 is 0 Å². The summed E-state index contributed by atoms with van der Waals surface area (Å²) in [5.74, 6) is -1.12. The molecule has 386 valence electrons. The van der Waals surface area contributed by atoms with Gasteiger partial charge in [0.25, 0.3) is 0 Å². The lowest BCUT2D eigenvalue weighted by molar-refractivity contribution is -0.166. The molecule has 0 aliphatic carbocycles. The average Bonchev–Trinajstić information content (AvgIpc) is 3.35. The van der Waals surface area contributed by atoms with Gasteiger partial charge in [-0.15, -0.1) is 0 Å². The third-order valence-electron chi connectivity index (χ3n) is 10.9. The van der Waals surface area contributed by atoms with E-state index in [-0.39, 0.29) is 38.0 Å². The summed E-state index contributed by atoms with van der Waals surface area (Å²) in [7, 11) is 0. The highest BCUT2D eigenvalue weighted by molar-refractivity contribution is 5.71. The van der Waals surface area contributed by atoms with Crippen molar-refractivity contribution in [2.45, 2.75) is 219 Å². The van der Waals surface area contributed by atoms with Gasteiger partial charge < -0.3 is 14.2 Å². The standard InChI is InChI=1S/C63H98O6/c1-4-7-10-13-16-19-22-25-27-29-31-33-35-38-41-44-47-50-53-56-62(65)68-59-60(58-67-61(64)55-52-49-46-43-40-37-24-21-18-15-12-9-6-3)69-63(66)57-54-51-48-45-42-39-36-34-32-30-28-26-23-20-17-14-11-8-5-2/h7-8,10-11,16-17,19-20,25-28,31-34,38-39,41-42,47-48,50-51,60H,4-6,9,12-15,18,21-24,29-30,35-37,40,43-46,49,52-59H2,1-3H3/b10-7+,11-8+,19-16+,20-17+,27-25+,28-26+,33-31+,34-32+,41-38+,42-39+,50-47+,51-48+. The first-order valence-electron chi connectivity index (χ1n) is 27.3. The van der Waals surface area contributed by atoms with Crippen molar-refractivity contribution >= 4 is 17.9 Å². The van der Waals surface area contributed by atoms with E-state index in [0.29, 0.717) is 19.3 Å². The Hall–Kier alpha value is -4.71. The van der Waals surface area contributed by atoms with Gasteiger partial charge in [0.15, 0.2) is 6.10 Å². The van der Waals surface area contributed by atoms with Gasteiger partial charge in [-0.05, 0) is 96.3 Å². The second kappa shape index (κ2) is 55.9. The predicted octanol–water partition coefficient (Wildman–Crippen LogP) is 18.4. The number of carbonyl (C=O) groups is 3. The van der Waals surface area contributed by atoms with E-state index in [1.807, 2.05) is 24.3 Å². The first-order valence-corrected chi connectivity index (χ1v) is 27.3. The molecule has 0 rings (SSSR count). The van der Waals surface area contributed by atoms with Crippen LogP contribution >= 0.6 is 0 Å². The molecule has 1 unspecified atom stereocenters. The number of hydrogen-bond acceptors (Lipinski definition) is 6. The lowest BCUT2D eigenvalue weighted by Gasteiger charge is -2.18. The van der Waals surface area contributed by atoms with Crippen LogP contribution in [0.25, 0.3) is 0 Å². The lowest BCUT2D eigenvalue weighted by Crippen LogP contribution is -2.30. The summed E-state index contributed by atoms with van der Waals surface area (Å²) in [6.07, 6.45) is 80.0. The fourth-order valence-electron chi connectivity index (χ4n) is 6.85. The minimum atomic E-state index is -0.854. The minimum Gasteiger partial charge on any atom is -0.462 e. The topological polar surface area (TPSA) is 78.9 Å². The van der Waals surface area contributed by atoms with E-state index in [4.69, 9.17) is 14.2 Å². The molecule has 0 aromatic heterocycles. The second-order valence-electron chi connectivity index (χ2n) is 17.4. The van der Waals surface area contributed by atoms with Crippen LogP contribution in [0.2, 0.25) is 0 Å². The lowest BCUT2D eigenvalue weighted by atomic mass is 10.0. The van der Waals surface area contributed by atoms with Crippen LogP contribution < -0.4 is 0 Å². The van der Waals surface area contributed by atoms with Crippen molar-refractivity contribution in [3.63, 3.8) is 0 Å². The first-order chi connectivity index (χ1) is 34.0.